The second-order valence-electron chi connectivity index (χ2n) is 8.21. The van der Waals surface area contributed by atoms with Crippen LogP contribution in [0.5, 0.6) is 6.01 Å². The number of halogens is 3. The molecule has 0 atom stereocenters. The van der Waals surface area contributed by atoms with Gasteiger partial charge in [0.25, 0.3) is 6.01 Å². The van der Waals surface area contributed by atoms with E-state index in [0.29, 0.717) is 64.7 Å². The van der Waals surface area contributed by atoms with Crippen LogP contribution in [0.2, 0.25) is 5.02 Å². The molecular formula is C24H19ClF2N4O3. The van der Waals surface area contributed by atoms with Crippen molar-refractivity contribution in [2.24, 2.45) is 5.92 Å². The Bertz CT molecular complexity index is 1370. The highest BCUT2D eigenvalue weighted by atomic mass is 35.5. The van der Waals surface area contributed by atoms with E-state index in [4.69, 9.17) is 21.4 Å². The van der Waals surface area contributed by atoms with E-state index in [0.717, 1.165) is 6.07 Å². The average Bonchev–Trinajstić information content (AvgIpc) is 3.20. The topological polar surface area (TPSA) is 101 Å². The molecular weight excluding hydrogens is 466 g/mol. The van der Waals surface area contributed by atoms with Crippen LogP contribution in [0.15, 0.2) is 42.5 Å². The fourth-order valence-corrected chi connectivity index (χ4v) is 4.43. The standard InChI is InChI=1S/C24H19ClF2N4O3/c25-17-11-18-22(31-24(28-18)34-15-7-5-14(6-8-15)23(32)33)30-20(17)13-3-1-12(2-4-13)16-9-10-19(26)29-21(16)27/h1-4,9-11,14-15H,5-8H2,(H,32,33)(H,28,30,31)/t14-,15-. The van der Waals surface area contributed by atoms with Crippen LogP contribution in [-0.2, 0) is 4.79 Å². The number of pyridine rings is 2. The van der Waals surface area contributed by atoms with Gasteiger partial charge in [-0.3, -0.25) is 9.78 Å². The van der Waals surface area contributed by atoms with E-state index in [1.807, 2.05) is 0 Å². The molecule has 0 saturated heterocycles. The van der Waals surface area contributed by atoms with Crippen LogP contribution in [0, 0.1) is 17.8 Å². The number of carboxylic acids is 1. The van der Waals surface area contributed by atoms with E-state index in [1.165, 1.54) is 6.07 Å². The number of fused-ring (bicyclic) bond motifs is 1. The van der Waals surface area contributed by atoms with Crippen molar-refractivity contribution in [3.05, 3.63) is 59.4 Å². The lowest BCUT2D eigenvalue weighted by Gasteiger charge is -2.25. The number of aromatic amines is 1. The van der Waals surface area contributed by atoms with Gasteiger partial charge in [-0.15, -0.1) is 0 Å². The Labute approximate surface area is 197 Å². The molecule has 4 aromatic rings. The van der Waals surface area contributed by atoms with Gasteiger partial charge in [0.15, 0.2) is 5.65 Å². The lowest BCUT2D eigenvalue weighted by Crippen LogP contribution is -2.28. The highest BCUT2D eigenvalue weighted by Gasteiger charge is 2.27. The summed E-state index contributed by atoms with van der Waals surface area (Å²) in [6, 6.07) is 11.3. The van der Waals surface area contributed by atoms with Crippen molar-refractivity contribution in [1.82, 2.24) is 19.9 Å². The molecule has 1 fully saturated rings. The zero-order chi connectivity index (χ0) is 23.8. The minimum absolute atomic E-state index is 0.111. The van der Waals surface area contributed by atoms with Crippen molar-refractivity contribution in [2.75, 3.05) is 0 Å². The van der Waals surface area contributed by atoms with Gasteiger partial charge in [0.05, 0.1) is 16.6 Å². The van der Waals surface area contributed by atoms with Crippen LogP contribution in [0.4, 0.5) is 8.78 Å². The van der Waals surface area contributed by atoms with Crippen LogP contribution in [-0.4, -0.2) is 37.1 Å². The number of imidazole rings is 1. The monoisotopic (exact) mass is 484 g/mol. The molecule has 1 aliphatic rings. The van der Waals surface area contributed by atoms with Gasteiger partial charge in [-0.05, 0) is 49.4 Å². The third kappa shape index (κ3) is 4.43. The number of nitrogens with one attached hydrogen (secondary N) is 1. The molecule has 0 bridgehead atoms. The van der Waals surface area contributed by atoms with E-state index in [1.54, 1.807) is 30.3 Å². The maximum atomic E-state index is 14.0. The lowest BCUT2D eigenvalue weighted by atomic mass is 9.87. The second kappa shape index (κ2) is 8.98. The third-order valence-corrected chi connectivity index (χ3v) is 6.28. The molecule has 1 saturated carbocycles. The number of ether oxygens (including phenoxy) is 1. The summed E-state index contributed by atoms with van der Waals surface area (Å²) in [7, 11) is 0. The molecule has 0 aliphatic heterocycles. The molecule has 174 valence electrons. The van der Waals surface area contributed by atoms with Gasteiger partial charge in [-0.1, -0.05) is 35.9 Å². The molecule has 3 heterocycles. The molecule has 34 heavy (non-hydrogen) atoms. The van der Waals surface area contributed by atoms with Crippen molar-refractivity contribution >= 4 is 28.7 Å². The first kappa shape index (κ1) is 22.2. The van der Waals surface area contributed by atoms with Gasteiger partial charge in [0, 0.05) is 11.1 Å². The van der Waals surface area contributed by atoms with Gasteiger partial charge in [0.2, 0.25) is 11.9 Å². The summed E-state index contributed by atoms with van der Waals surface area (Å²) >= 11 is 6.46. The lowest BCUT2D eigenvalue weighted by molar-refractivity contribution is -0.143. The van der Waals surface area contributed by atoms with E-state index < -0.39 is 17.9 Å². The number of aromatic nitrogens is 4. The maximum absolute atomic E-state index is 14.0. The number of H-pyrrole nitrogens is 1. The van der Waals surface area contributed by atoms with E-state index in [2.05, 4.69) is 19.9 Å². The number of benzene rings is 1. The van der Waals surface area contributed by atoms with Crippen molar-refractivity contribution in [2.45, 2.75) is 31.8 Å². The first-order valence-electron chi connectivity index (χ1n) is 10.8. The Morgan fingerprint density at radius 1 is 1.00 bits per heavy atom. The van der Waals surface area contributed by atoms with E-state index >= 15 is 0 Å². The largest absolute Gasteiger partial charge is 0.481 e. The second-order valence-corrected chi connectivity index (χ2v) is 8.62. The summed E-state index contributed by atoms with van der Waals surface area (Å²) < 4.78 is 33.0. The molecule has 0 unspecified atom stereocenters. The fourth-order valence-electron chi connectivity index (χ4n) is 4.17. The van der Waals surface area contributed by atoms with Crippen molar-refractivity contribution in [1.29, 1.82) is 0 Å². The number of carboxylic acid groups (broad SMARTS) is 1. The van der Waals surface area contributed by atoms with Gasteiger partial charge < -0.3 is 9.84 Å². The summed E-state index contributed by atoms with van der Waals surface area (Å²) in [6.45, 7) is 0. The quantitative estimate of drug-likeness (QED) is 0.355. The zero-order valence-electron chi connectivity index (χ0n) is 17.8. The molecule has 7 nitrogen and oxygen atoms in total. The molecule has 1 aromatic carbocycles. The predicted octanol–water partition coefficient (Wildman–Crippen LogP) is 5.64. The molecule has 5 rings (SSSR count). The number of carbonyl (C=O) groups is 1. The Morgan fingerprint density at radius 3 is 2.38 bits per heavy atom. The molecule has 0 amide bonds. The zero-order valence-corrected chi connectivity index (χ0v) is 18.5. The van der Waals surface area contributed by atoms with Crippen LogP contribution in [0.25, 0.3) is 33.5 Å². The SMILES string of the molecule is O=C(O)[C@H]1CC[C@H](Oc2nc3cc(Cl)c(-c4ccc(-c5ccc(F)nc5F)cc4)nc3[nH]2)CC1. The Kier molecular flexibility index (Phi) is 5.87. The van der Waals surface area contributed by atoms with Gasteiger partial charge >= 0.3 is 5.97 Å². The van der Waals surface area contributed by atoms with Gasteiger partial charge in [0.1, 0.15) is 11.6 Å². The normalized spacial score (nSPS) is 18.2. The fraction of sp³-hybridized carbons (Fsp3) is 0.250. The molecule has 3 aromatic heterocycles. The summed E-state index contributed by atoms with van der Waals surface area (Å²) in [4.78, 5) is 26.4. The number of nitrogens with zero attached hydrogens (tertiary/aromatic N) is 3. The van der Waals surface area contributed by atoms with Crippen molar-refractivity contribution in [3.63, 3.8) is 0 Å². The van der Waals surface area contributed by atoms with Gasteiger partial charge in [-0.25, -0.2) is 4.98 Å². The minimum atomic E-state index is -0.883. The molecule has 1 aliphatic carbocycles. The van der Waals surface area contributed by atoms with Gasteiger partial charge in [-0.2, -0.15) is 18.7 Å². The predicted molar refractivity (Wildman–Crippen MR) is 121 cm³/mol. The third-order valence-electron chi connectivity index (χ3n) is 5.99. The van der Waals surface area contributed by atoms with Crippen LogP contribution >= 0.6 is 11.6 Å². The highest BCUT2D eigenvalue weighted by Crippen LogP contribution is 2.32. The maximum Gasteiger partial charge on any atom is 0.306 e. The average molecular weight is 485 g/mol. The Hall–Kier alpha value is -3.59. The number of rotatable bonds is 5. The molecule has 2 N–H and O–H groups in total. The van der Waals surface area contributed by atoms with Crippen molar-refractivity contribution in [3.8, 4) is 28.4 Å². The van der Waals surface area contributed by atoms with Crippen LogP contribution in [0.3, 0.4) is 0 Å². The van der Waals surface area contributed by atoms with E-state index in [9.17, 15) is 13.6 Å². The molecule has 10 heteroatoms. The molecule has 0 radical (unpaired) electrons. The summed E-state index contributed by atoms with van der Waals surface area (Å²) in [5.41, 5.74) is 2.98. The molecule has 0 spiro atoms. The van der Waals surface area contributed by atoms with Crippen LogP contribution in [0.1, 0.15) is 25.7 Å². The summed E-state index contributed by atoms with van der Waals surface area (Å²) in [5, 5.41) is 9.52. The summed E-state index contributed by atoms with van der Waals surface area (Å²) in [6.07, 6.45) is 2.32. The Balaban J connectivity index is 1.36. The highest BCUT2D eigenvalue weighted by molar-refractivity contribution is 6.33. The van der Waals surface area contributed by atoms with Crippen molar-refractivity contribution < 1.29 is 23.4 Å². The Morgan fingerprint density at radius 2 is 1.71 bits per heavy atom. The summed E-state index contributed by atoms with van der Waals surface area (Å²) in [5.74, 6) is -2.84. The number of hydrogen-bond donors (Lipinski definition) is 2. The smallest absolute Gasteiger partial charge is 0.306 e. The number of hydrogen-bond acceptors (Lipinski definition) is 5. The van der Waals surface area contributed by atoms with E-state index in [-0.39, 0.29) is 17.6 Å². The minimum Gasteiger partial charge on any atom is -0.481 e. The van der Waals surface area contributed by atoms with Crippen LogP contribution < -0.4 is 4.74 Å². The first-order chi connectivity index (χ1) is 16.4. The first-order valence-corrected chi connectivity index (χ1v) is 11.1. The number of aliphatic carboxylic acids is 1.